The Morgan fingerprint density at radius 3 is 2.71 bits per heavy atom. The smallest absolute Gasteiger partial charge is 0.374 e. The lowest BCUT2D eigenvalue weighted by atomic mass is 10.1. The second kappa shape index (κ2) is 3.69. The van der Waals surface area contributed by atoms with E-state index in [-0.39, 0.29) is 5.56 Å². The lowest BCUT2D eigenvalue weighted by Crippen LogP contribution is -2.30. The van der Waals surface area contributed by atoms with Gasteiger partial charge in [0.25, 0.3) is 0 Å². The quantitative estimate of drug-likeness (QED) is 0.808. The minimum Gasteiger partial charge on any atom is -0.477 e. The van der Waals surface area contributed by atoms with Crippen LogP contribution >= 0.6 is 0 Å². The summed E-state index contributed by atoms with van der Waals surface area (Å²) < 4.78 is 25.5. The maximum absolute atomic E-state index is 12.7. The molecule has 0 atom stereocenters. The summed E-state index contributed by atoms with van der Waals surface area (Å²) in [6.07, 6.45) is 1.93. The Hall–Kier alpha value is -1.52. The molecule has 1 aromatic heterocycles. The van der Waals surface area contributed by atoms with E-state index in [0.717, 1.165) is 5.56 Å². The summed E-state index contributed by atoms with van der Waals surface area (Å²) in [5.41, 5.74) is 0.945. The van der Waals surface area contributed by atoms with Crippen molar-refractivity contribution < 1.29 is 18.7 Å². The number of hydrogen-bond acceptors (Lipinski definition) is 2. The first-order valence-corrected chi connectivity index (χ1v) is 3.93. The van der Waals surface area contributed by atoms with Crippen molar-refractivity contribution in [3.63, 3.8) is 0 Å². The molecule has 0 radical (unpaired) electrons. The number of alkyl halides is 2. The zero-order chi connectivity index (χ0) is 10.8. The van der Waals surface area contributed by atoms with Gasteiger partial charge in [-0.1, -0.05) is 6.07 Å². The molecule has 0 aliphatic heterocycles. The Labute approximate surface area is 79.4 Å². The number of hydrogen-bond donors (Lipinski definition) is 1. The third kappa shape index (κ3) is 2.48. The third-order valence-corrected chi connectivity index (χ3v) is 1.67. The number of nitrogens with zero attached hydrogens (tertiary/aromatic N) is 1. The molecule has 1 rings (SSSR count). The van der Waals surface area contributed by atoms with Crippen molar-refractivity contribution >= 4 is 5.97 Å². The van der Waals surface area contributed by atoms with Crippen LogP contribution in [0.5, 0.6) is 0 Å². The summed E-state index contributed by atoms with van der Waals surface area (Å²) in [5, 5.41) is 8.20. The summed E-state index contributed by atoms with van der Waals surface area (Å²) in [6, 6.07) is 1.49. The van der Waals surface area contributed by atoms with Crippen LogP contribution in [-0.2, 0) is 11.2 Å². The molecule has 0 bridgehead atoms. The number of halogens is 2. The number of aliphatic carboxylic acids is 1. The van der Waals surface area contributed by atoms with Gasteiger partial charge in [-0.15, -0.1) is 0 Å². The van der Waals surface area contributed by atoms with Crippen molar-refractivity contribution in [3.05, 3.63) is 29.6 Å². The Morgan fingerprint density at radius 1 is 1.57 bits per heavy atom. The summed E-state index contributed by atoms with van der Waals surface area (Å²) in [7, 11) is 0. The first kappa shape index (κ1) is 10.6. The van der Waals surface area contributed by atoms with Crippen molar-refractivity contribution in [2.45, 2.75) is 19.3 Å². The molecule has 5 heteroatoms. The molecule has 0 unspecified atom stereocenters. The molecule has 0 amide bonds. The highest BCUT2D eigenvalue weighted by atomic mass is 19.3. The molecule has 14 heavy (non-hydrogen) atoms. The highest BCUT2D eigenvalue weighted by Gasteiger charge is 2.38. The molecule has 0 spiro atoms. The van der Waals surface area contributed by atoms with Gasteiger partial charge in [0, 0.05) is 18.8 Å². The van der Waals surface area contributed by atoms with E-state index < -0.39 is 18.3 Å². The van der Waals surface area contributed by atoms with Crippen molar-refractivity contribution in [1.82, 2.24) is 4.98 Å². The first-order chi connectivity index (χ1) is 6.42. The predicted molar refractivity (Wildman–Crippen MR) is 45.3 cm³/mol. The van der Waals surface area contributed by atoms with Crippen LogP contribution in [0.3, 0.4) is 0 Å². The number of aromatic nitrogens is 1. The molecule has 1 aromatic rings. The monoisotopic (exact) mass is 201 g/mol. The number of aryl methyl sites for hydroxylation is 1. The van der Waals surface area contributed by atoms with Crippen LogP contribution in [0.25, 0.3) is 0 Å². The van der Waals surface area contributed by atoms with E-state index in [0.29, 0.717) is 0 Å². The van der Waals surface area contributed by atoms with Crippen LogP contribution in [0, 0.1) is 6.92 Å². The van der Waals surface area contributed by atoms with Crippen LogP contribution in [0.15, 0.2) is 18.5 Å². The number of rotatable bonds is 3. The number of carbonyl (C=O) groups is 1. The molecule has 0 saturated carbocycles. The van der Waals surface area contributed by atoms with Gasteiger partial charge >= 0.3 is 11.9 Å². The van der Waals surface area contributed by atoms with Crippen LogP contribution in [0.2, 0.25) is 0 Å². The van der Waals surface area contributed by atoms with Crippen molar-refractivity contribution in [1.29, 1.82) is 0 Å². The van der Waals surface area contributed by atoms with Crippen molar-refractivity contribution in [2.24, 2.45) is 0 Å². The minimum atomic E-state index is -3.73. The molecule has 0 saturated heterocycles. The summed E-state index contributed by atoms with van der Waals surface area (Å²) in [6.45, 7) is 1.70. The minimum absolute atomic E-state index is 0.220. The normalized spacial score (nSPS) is 11.4. The maximum Gasteiger partial charge on any atom is 0.374 e. The van der Waals surface area contributed by atoms with E-state index >= 15 is 0 Å². The standard InChI is InChI=1S/C9H9F2NO2/c1-6-2-7(5-12-4-6)3-9(10,11)8(13)14/h2,4-5H,3H2,1H3,(H,13,14). The largest absolute Gasteiger partial charge is 0.477 e. The highest BCUT2D eigenvalue weighted by molar-refractivity contribution is 5.75. The Balaban J connectivity index is 2.83. The van der Waals surface area contributed by atoms with Gasteiger partial charge in [0.2, 0.25) is 0 Å². The average Bonchev–Trinajstić information content (AvgIpc) is 2.02. The first-order valence-electron chi connectivity index (χ1n) is 3.93. The fourth-order valence-corrected chi connectivity index (χ4v) is 1.05. The Bertz CT molecular complexity index is 352. The predicted octanol–water partition coefficient (Wildman–Crippen LogP) is 1.65. The zero-order valence-electron chi connectivity index (χ0n) is 7.50. The molecule has 0 aliphatic carbocycles. The fraction of sp³-hybridized carbons (Fsp3) is 0.333. The molecular formula is C9H9F2NO2. The van der Waals surface area contributed by atoms with Gasteiger partial charge in [-0.3, -0.25) is 4.98 Å². The number of pyridine rings is 1. The van der Waals surface area contributed by atoms with Crippen molar-refractivity contribution in [2.75, 3.05) is 0 Å². The number of carboxylic acid groups (broad SMARTS) is 1. The lowest BCUT2D eigenvalue weighted by molar-refractivity contribution is -0.164. The zero-order valence-corrected chi connectivity index (χ0v) is 7.50. The second-order valence-electron chi connectivity index (χ2n) is 3.06. The van der Waals surface area contributed by atoms with Gasteiger partial charge in [-0.25, -0.2) is 4.79 Å². The molecular weight excluding hydrogens is 192 g/mol. The summed E-state index contributed by atoms with van der Waals surface area (Å²) in [4.78, 5) is 13.8. The molecule has 0 fully saturated rings. The van der Waals surface area contributed by atoms with Gasteiger partial charge in [0.15, 0.2) is 0 Å². The van der Waals surface area contributed by atoms with E-state index in [4.69, 9.17) is 5.11 Å². The molecule has 0 aromatic carbocycles. The SMILES string of the molecule is Cc1cncc(CC(F)(F)C(=O)O)c1. The van der Waals surface area contributed by atoms with E-state index in [9.17, 15) is 13.6 Å². The summed E-state index contributed by atoms with van der Waals surface area (Å²) in [5.74, 6) is -5.84. The Morgan fingerprint density at radius 2 is 2.21 bits per heavy atom. The van der Waals surface area contributed by atoms with Gasteiger partial charge < -0.3 is 5.11 Å². The molecule has 3 nitrogen and oxygen atoms in total. The van der Waals surface area contributed by atoms with E-state index in [1.54, 1.807) is 6.92 Å². The Kier molecular flexibility index (Phi) is 2.78. The third-order valence-electron chi connectivity index (χ3n) is 1.67. The lowest BCUT2D eigenvalue weighted by Gasteiger charge is -2.10. The van der Waals surface area contributed by atoms with Gasteiger partial charge in [0.1, 0.15) is 0 Å². The molecule has 0 aliphatic rings. The highest BCUT2D eigenvalue weighted by Crippen LogP contribution is 2.20. The van der Waals surface area contributed by atoms with E-state index in [2.05, 4.69) is 4.98 Å². The maximum atomic E-state index is 12.7. The van der Waals surface area contributed by atoms with Crippen LogP contribution in [0.4, 0.5) is 8.78 Å². The van der Waals surface area contributed by atoms with Crippen LogP contribution in [0.1, 0.15) is 11.1 Å². The summed E-state index contributed by atoms with van der Waals surface area (Å²) >= 11 is 0. The molecule has 76 valence electrons. The molecule has 1 N–H and O–H groups in total. The van der Waals surface area contributed by atoms with E-state index in [1.807, 2.05) is 0 Å². The fourth-order valence-electron chi connectivity index (χ4n) is 1.05. The molecule has 1 heterocycles. The van der Waals surface area contributed by atoms with Crippen LogP contribution < -0.4 is 0 Å². The van der Waals surface area contributed by atoms with E-state index in [1.165, 1.54) is 18.5 Å². The van der Waals surface area contributed by atoms with Gasteiger partial charge in [-0.05, 0) is 18.1 Å². The average molecular weight is 201 g/mol. The van der Waals surface area contributed by atoms with Crippen molar-refractivity contribution in [3.8, 4) is 0 Å². The topological polar surface area (TPSA) is 50.2 Å². The second-order valence-corrected chi connectivity index (χ2v) is 3.06. The van der Waals surface area contributed by atoms with Crippen LogP contribution in [-0.4, -0.2) is 22.0 Å². The van der Waals surface area contributed by atoms with Gasteiger partial charge in [-0.2, -0.15) is 8.78 Å². The number of carboxylic acids is 1. The van der Waals surface area contributed by atoms with Gasteiger partial charge in [0.05, 0.1) is 0 Å².